The van der Waals surface area contributed by atoms with E-state index in [-0.39, 0.29) is 18.1 Å². The van der Waals surface area contributed by atoms with Crippen molar-refractivity contribution >= 4 is 17.5 Å². The van der Waals surface area contributed by atoms with E-state index in [1.54, 1.807) is 22.5 Å². The molecule has 1 aliphatic heterocycles. The standard InChI is InChI=1S/C22H18N2O4/c25-21-14-28-20-10-9-18(22(26)23-27)12-19(20)24(21)13-15-5-4-8-17(11-15)16-6-2-1-3-7-16/h1-12,27H,13-14H2,(H,23,26). The molecular formula is C22H18N2O4. The lowest BCUT2D eigenvalue weighted by Gasteiger charge is -2.30. The van der Waals surface area contributed by atoms with Gasteiger partial charge in [0.25, 0.3) is 11.8 Å². The molecule has 0 unspecified atom stereocenters. The van der Waals surface area contributed by atoms with Crippen LogP contribution in [0.25, 0.3) is 11.1 Å². The van der Waals surface area contributed by atoms with Crippen LogP contribution < -0.4 is 15.1 Å². The van der Waals surface area contributed by atoms with Gasteiger partial charge in [-0.25, -0.2) is 5.48 Å². The van der Waals surface area contributed by atoms with E-state index >= 15 is 0 Å². The normalized spacial score (nSPS) is 12.9. The summed E-state index contributed by atoms with van der Waals surface area (Å²) in [7, 11) is 0. The fraction of sp³-hybridized carbons (Fsp3) is 0.0909. The van der Waals surface area contributed by atoms with Crippen molar-refractivity contribution in [3.8, 4) is 16.9 Å². The minimum absolute atomic E-state index is 0.0586. The molecule has 2 amide bonds. The number of hydrogen-bond donors (Lipinski definition) is 2. The van der Waals surface area contributed by atoms with Crippen molar-refractivity contribution in [2.24, 2.45) is 0 Å². The third-order valence-electron chi connectivity index (χ3n) is 4.64. The smallest absolute Gasteiger partial charge is 0.274 e. The van der Waals surface area contributed by atoms with Crippen molar-refractivity contribution in [2.75, 3.05) is 11.5 Å². The molecular weight excluding hydrogens is 356 g/mol. The van der Waals surface area contributed by atoms with Crippen LogP contribution in [0.4, 0.5) is 5.69 Å². The van der Waals surface area contributed by atoms with E-state index in [1.165, 1.54) is 6.07 Å². The maximum atomic E-state index is 12.5. The Morgan fingerprint density at radius 1 is 1.00 bits per heavy atom. The second-order valence-corrected chi connectivity index (χ2v) is 6.46. The van der Waals surface area contributed by atoms with E-state index in [2.05, 4.69) is 0 Å². The summed E-state index contributed by atoms with van der Waals surface area (Å²) in [5, 5.41) is 8.87. The molecule has 4 rings (SSSR count). The molecule has 0 atom stereocenters. The maximum absolute atomic E-state index is 12.5. The van der Waals surface area contributed by atoms with Crippen molar-refractivity contribution in [1.82, 2.24) is 5.48 Å². The number of nitrogens with one attached hydrogen (secondary N) is 1. The van der Waals surface area contributed by atoms with Crippen LogP contribution in [0.1, 0.15) is 15.9 Å². The lowest BCUT2D eigenvalue weighted by molar-refractivity contribution is -0.121. The molecule has 0 fully saturated rings. The molecule has 1 aliphatic rings. The van der Waals surface area contributed by atoms with Gasteiger partial charge < -0.3 is 9.64 Å². The third-order valence-corrected chi connectivity index (χ3v) is 4.64. The Morgan fingerprint density at radius 2 is 1.79 bits per heavy atom. The van der Waals surface area contributed by atoms with Crippen molar-refractivity contribution < 1.29 is 19.5 Å². The van der Waals surface area contributed by atoms with Gasteiger partial charge in [-0.2, -0.15) is 0 Å². The van der Waals surface area contributed by atoms with Gasteiger partial charge in [-0.05, 0) is 41.0 Å². The second kappa shape index (κ2) is 7.54. The van der Waals surface area contributed by atoms with Gasteiger partial charge in [0.1, 0.15) is 5.75 Å². The quantitative estimate of drug-likeness (QED) is 0.542. The highest BCUT2D eigenvalue weighted by Gasteiger charge is 2.26. The zero-order valence-electron chi connectivity index (χ0n) is 15.0. The largest absolute Gasteiger partial charge is 0.482 e. The predicted molar refractivity (Wildman–Crippen MR) is 104 cm³/mol. The molecule has 0 radical (unpaired) electrons. The summed E-state index contributed by atoms with van der Waals surface area (Å²) in [4.78, 5) is 25.9. The molecule has 0 saturated heterocycles. The van der Waals surface area contributed by atoms with Crippen LogP contribution in [0.5, 0.6) is 5.75 Å². The first-order chi connectivity index (χ1) is 13.7. The third kappa shape index (κ3) is 3.45. The highest BCUT2D eigenvalue weighted by molar-refractivity contribution is 6.01. The predicted octanol–water partition coefficient (Wildman–Crippen LogP) is 3.40. The summed E-state index contributed by atoms with van der Waals surface area (Å²) in [6.45, 7) is 0.289. The molecule has 140 valence electrons. The van der Waals surface area contributed by atoms with E-state index in [9.17, 15) is 9.59 Å². The minimum atomic E-state index is -0.646. The first-order valence-corrected chi connectivity index (χ1v) is 8.82. The number of anilines is 1. The van der Waals surface area contributed by atoms with Crippen LogP contribution in [-0.4, -0.2) is 23.6 Å². The van der Waals surface area contributed by atoms with E-state index in [4.69, 9.17) is 9.94 Å². The first-order valence-electron chi connectivity index (χ1n) is 8.82. The number of rotatable bonds is 4. The van der Waals surface area contributed by atoms with Crippen LogP contribution in [0.15, 0.2) is 72.8 Å². The molecule has 1 heterocycles. The average molecular weight is 374 g/mol. The van der Waals surface area contributed by atoms with Crippen LogP contribution in [-0.2, 0) is 11.3 Å². The molecule has 0 aliphatic carbocycles. The fourth-order valence-electron chi connectivity index (χ4n) is 3.24. The molecule has 0 aromatic heterocycles. The van der Waals surface area contributed by atoms with E-state index in [1.807, 2.05) is 54.6 Å². The number of hydroxylamine groups is 1. The van der Waals surface area contributed by atoms with Crippen LogP contribution in [0.3, 0.4) is 0 Å². The summed E-state index contributed by atoms with van der Waals surface area (Å²) in [5.74, 6) is -0.320. The van der Waals surface area contributed by atoms with E-state index < -0.39 is 5.91 Å². The summed E-state index contributed by atoms with van der Waals surface area (Å²) < 4.78 is 5.48. The minimum Gasteiger partial charge on any atom is -0.482 e. The monoisotopic (exact) mass is 374 g/mol. The molecule has 0 saturated carbocycles. The molecule has 28 heavy (non-hydrogen) atoms. The van der Waals surface area contributed by atoms with E-state index in [0.717, 1.165) is 16.7 Å². The molecule has 3 aromatic carbocycles. The number of amides is 2. The number of ether oxygens (including phenoxy) is 1. The topological polar surface area (TPSA) is 78.9 Å². The summed E-state index contributed by atoms with van der Waals surface area (Å²) in [5.41, 5.74) is 5.46. The summed E-state index contributed by atoms with van der Waals surface area (Å²) in [6.07, 6.45) is 0. The van der Waals surface area contributed by atoms with Crippen molar-refractivity contribution in [3.63, 3.8) is 0 Å². The Morgan fingerprint density at radius 3 is 2.57 bits per heavy atom. The molecule has 0 bridgehead atoms. The van der Waals surface area contributed by atoms with Gasteiger partial charge in [-0.1, -0.05) is 48.5 Å². The Balaban J connectivity index is 1.67. The number of nitrogens with zero attached hydrogens (tertiary/aromatic N) is 1. The van der Waals surface area contributed by atoms with Crippen LogP contribution >= 0.6 is 0 Å². The molecule has 3 aromatic rings. The Kier molecular flexibility index (Phi) is 4.78. The van der Waals surface area contributed by atoms with Crippen LogP contribution in [0, 0.1) is 0 Å². The van der Waals surface area contributed by atoms with Crippen molar-refractivity contribution in [2.45, 2.75) is 6.54 Å². The lowest BCUT2D eigenvalue weighted by Crippen LogP contribution is -2.38. The number of carbonyl (C=O) groups excluding carboxylic acids is 2. The average Bonchev–Trinajstić information content (AvgIpc) is 2.75. The molecule has 2 N–H and O–H groups in total. The highest BCUT2D eigenvalue weighted by atomic mass is 16.5. The summed E-state index contributed by atoms with van der Waals surface area (Å²) >= 11 is 0. The van der Waals surface area contributed by atoms with Gasteiger partial charge in [0.15, 0.2) is 6.61 Å². The van der Waals surface area contributed by atoms with Gasteiger partial charge in [-0.3, -0.25) is 14.8 Å². The first kappa shape index (κ1) is 17.8. The molecule has 6 nitrogen and oxygen atoms in total. The van der Waals surface area contributed by atoms with Gasteiger partial charge in [0.2, 0.25) is 0 Å². The lowest BCUT2D eigenvalue weighted by atomic mass is 10.0. The van der Waals surface area contributed by atoms with Gasteiger partial charge in [0.05, 0.1) is 12.2 Å². The number of hydrogen-bond acceptors (Lipinski definition) is 4. The number of carbonyl (C=O) groups is 2. The van der Waals surface area contributed by atoms with Gasteiger partial charge in [0, 0.05) is 5.56 Å². The second-order valence-electron chi connectivity index (χ2n) is 6.46. The zero-order chi connectivity index (χ0) is 19.5. The number of fused-ring (bicyclic) bond motifs is 1. The Labute approximate surface area is 161 Å². The Hall–Kier alpha value is -3.64. The van der Waals surface area contributed by atoms with E-state index in [0.29, 0.717) is 18.0 Å². The summed E-state index contributed by atoms with van der Waals surface area (Å²) in [6, 6.07) is 22.7. The SMILES string of the molecule is O=C(NO)c1ccc2c(c1)N(Cc1cccc(-c3ccccc3)c1)C(=O)CO2. The maximum Gasteiger partial charge on any atom is 0.274 e. The molecule has 6 heteroatoms. The van der Waals surface area contributed by atoms with Crippen molar-refractivity contribution in [1.29, 1.82) is 0 Å². The van der Waals surface area contributed by atoms with Crippen molar-refractivity contribution in [3.05, 3.63) is 83.9 Å². The highest BCUT2D eigenvalue weighted by Crippen LogP contribution is 2.34. The van der Waals surface area contributed by atoms with Crippen LogP contribution in [0.2, 0.25) is 0 Å². The zero-order valence-corrected chi connectivity index (χ0v) is 15.0. The fourth-order valence-corrected chi connectivity index (χ4v) is 3.24. The van der Waals surface area contributed by atoms with Gasteiger partial charge in [-0.15, -0.1) is 0 Å². The Bertz CT molecular complexity index is 1030. The molecule has 0 spiro atoms. The number of benzene rings is 3. The van der Waals surface area contributed by atoms with Gasteiger partial charge >= 0.3 is 0 Å².